The molecule has 7 heteroatoms. The Morgan fingerprint density at radius 3 is 2.22 bits per heavy atom. The predicted octanol–water partition coefficient (Wildman–Crippen LogP) is 3.46. The van der Waals surface area contributed by atoms with Crippen molar-refractivity contribution in [2.45, 2.75) is 26.4 Å². The number of hydrogen-bond donors (Lipinski definition) is 2. The van der Waals surface area contributed by atoms with E-state index in [0.29, 0.717) is 28.6 Å². The van der Waals surface area contributed by atoms with Crippen molar-refractivity contribution >= 4 is 23.2 Å². The van der Waals surface area contributed by atoms with E-state index >= 15 is 0 Å². The zero-order valence-corrected chi connectivity index (χ0v) is 15.9. The molecule has 144 valence electrons. The number of rotatable bonds is 8. The lowest BCUT2D eigenvalue weighted by atomic mass is 10.2. The molecule has 2 N–H and O–H groups in total. The minimum Gasteiger partial charge on any atom is -0.493 e. The molecule has 2 amide bonds. The van der Waals surface area contributed by atoms with Crippen molar-refractivity contribution in [3.05, 3.63) is 42.5 Å². The van der Waals surface area contributed by atoms with Gasteiger partial charge in [0.2, 0.25) is 11.8 Å². The second-order valence-corrected chi connectivity index (χ2v) is 6.01. The smallest absolute Gasteiger partial charge is 0.233 e. The number of nitrogens with one attached hydrogen (secondary N) is 2. The lowest BCUT2D eigenvalue weighted by Crippen LogP contribution is -2.22. The molecule has 0 spiro atoms. The molecule has 0 bridgehead atoms. The SMILES string of the molecule is COc1ccc(NC(=O)CC(=O)Nc2ccccc2OC(C)C)cc1OC. The first-order valence-electron chi connectivity index (χ1n) is 8.50. The summed E-state index contributed by atoms with van der Waals surface area (Å²) >= 11 is 0. The first kappa shape index (κ1) is 20.1. The monoisotopic (exact) mass is 372 g/mol. The first-order chi connectivity index (χ1) is 12.9. The van der Waals surface area contributed by atoms with Gasteiger partial charge in [-0.1, -0.05) is 12.1 Å². The van der Waals surface area contributed by atoms with Gasteiger partial charge in [-0.2, -0.15) is 0 Å². The van der Waals surface area contributed by atoms with Crippen LogP contribution in [0.15, 0.2) is 42.5 Å². The van der Waals surface area contributed by atoms with Crippen LogP contribution < -0.4 is 24.8 Å². The van der Waals surface area contributed by atoms with Crippen LogP contribution in [0.25, 0.3) is 0 Å². The fourth-order valence-electron chi connectivity index (χ4n) is 2.39. The van der Waals surface area contributed by atoms with Gasteiger partial charge in [-0.3, -0.25) is 9.59 Å². The van der Waals surface area contributed by atoms with Crippen LogP contribution in [-0.2, 0) is 9.59 Å². The predicted molar refractivity (Wildman–Crippen MR) is 104 cm³/mol. The molecule has 0 aliphatic rings. The second kappa shape index (κ2) is 9.47. The topological polar surface area (TPSA) is 85.9 Å². The molecule has 0 saturated heterocycles. The molecule has 0 aromatic heterocycles. The zero-order valence-electron chi connectivity index (χ0n) is 15.9. The molecule has 0 heterocycles. The third kappa shape index (κ3) is 5.91. The minimum atomic E-state index is -0.443. The van der Waals surface area contributed by atoms with E-state index in [1.807, 2.05) is 19.9 Å². The van der Waals surface area contributed by atoms with Gasteiger partial charge in [0.05, 0.1) is 26.0 Å². The Kier molecular flexibility index (Phi) is 7.05. The summed E-state index contributed by atoms with van der Waals surface area (Å²) < 4.78 is 16.0. The van der Waals surface area contributed by atoms with Gasteiger partial charge in [-0.15, -0.1) is 0 Å². The van der Waals surface area contributed by atoms with E-state index in [9.17, 15) is 9.59 Å². The van der Waals surface area contributed by atoms with Crippen molar-refractivity contribution in [2.75, 3.05) is 24.9 Å². The molecule has 2 aromatic carbocycles. The fourth-order valence-corrected chi connectivity index (χ4v) is 2.39. The average molecular weight is 372 g/mol. The highest BCUT2D eigenvalue weighted by atomic mass is 16.5. The zero-order chi connectivity index (χ0) is 19.8. The van der Waals surface area contributed by atoms with Crippen LogP contribution in [0.2, 0.25) is 0 Å². The number of benzene rings is 2. The van der Waals surface area contributed by atoms with Gasteiger partial charge in [-0.25, -0.2) is 0 Å². The van der Waals surface area contributed by atoms with Gasteiger partial charge >= 0.3 is 0 Å². The van der Waals surface area contributed by atoms with Crippen molar-refractivity contribution in [2.24, 2.45) is 0 Å². The van der Waals surface area contributed by atoms with Crippen molar-refractivity contribution in [1.82, 2.24) is 0 Å². The molecule has 0 aliphatic heterocycles. The largest absolute Gasteiger partial charge is 0.493 e. The van der Waals surface area contributed by atoms with Gasteiger partial charge in [-0.05, 0) is 38.1 Å². The standard InChI is InChI=1S/C20H24N2O5/c1-13(2)27-16-8-6-5-7-15(16)22-20(24)12-19(23)21-14-9-10-17(25-3)18(11-14)26-4/h5-11,13H,12H2,1-4H3,(H,21,23)(H,22,24). The fraction of sp³-hybridized carbons (Fsp3) is 0.300. The normalized spacial score (nSPS) is 10.3. The van der Waals surface area contributed by atoms with Crippen molar-refractivity contribution in [3.8, 4) is 17.2 Å². The summed E-state index contributed by atoms with van der Waals surface area (Å²) in [6.07, 6.45) is -0.360. The third-order valence-corrected chi connectivity index (χ3v) is 3.51. The maximum Gasteiger partial charge on any atom is 0.233 e. The Morgan fingerprint density at radius 2 is 1.56 bits per heavy atom. The highest BCUT2D eigenvalue weighted by Gasteiger charge is 2.14. The molecular weight excluding hydrogens is 348 g/mol. The van der Waals surface area contributed by atoms with Crippen LogP contribution in [0.4, 0.5) is 11.4 Å². The highest BCUT2D eigenvalue weighted by Crippen LogP contribution is 2.30. The summed E-state index contributed by atoms with van der Waals surface area (Å²) in [5.74, 6) is 0.713. The number of amides is 2. The average Bonchev–Trinajstić information content (AvgIpc) is 2.62. The van der Waals surface area contributed by atoms with E-state index in [1.54, 1.807) is 36.4 Å². The number of carbonyl (C=O) groups excluding carboxylic acids is 2. The van der Waals surface area contributed by atoms with E-state index in [4.69, 9.17) is 14.2 Å². The van der Waals surface area contributed by atoms with Gasteiger partial charge in [0.15, 0.2) is 11.5 Å². The van der Waals surface area contributed by atoms with Crippen LogP contribution in [0, 0.1) is 0 Å². The van der Waals surface area contributed by atoms with E-state index in [0.717, 1.165) is 0 Å². The maximum absolute atomic E-state index is 12.2. The van der Waals surface area contributed by atoms with E-state index < -0.39 is 11.8 Å². The quantitative estimate of drug-likeness (QED) is 0.693. The minimum absolute atomic E-state index is 0.0311. The Labute approximate surface area is 158 Å². The number of anilines is 2. The Balaban J connectivity index is 1.97. The first-order valence-corrected chi connectivity index (χ1v) is 8.50. The molecule has 0 saturated carbocycles. The molecule has 0 unspecified atom stereocenters. The number of ether oxygens (including phenoxy) is 3. The summed E-state index contributed by atoms with van der Waals surface area (Å²) in [6.45, 7) is 3.80. The third-order valence-electron chi connectivity index (χ3n) is 3.51. The van der Waals surface area contributed by atoms with Crippen LogP contribution in [-0.4, -0.2) is 32.1 Å². The van der Waals surface area contributed by atoms with E-state index in [1.165, 1.54) is 14.2 Å². The van der Waals surface area contributed by atoms with Crippen molar-refractivity contribution < 1.29 is 23.8 Å². The van der Waals surface area contributed by atoms with Gasteiger partial charge < -0.3 is 24.8 Å². The summed E-state index contributed by atoms with van der Waals surface area (Å²) in [7, 11) is 3.04. The van der Waals surface area contributed by atoms with E-state index in [2.05, 4.69) is 10.6 Å². The Morgan fingerprint density at radius 1 is 0.889 bits per heavy atom. The molecule has 2 aromatic rings. The summed E-state index contributed by atoms with van der Waals surface area (Å²) in [5.41, 5.74) is 1.03. The summed E-state index contributed by atoms with van der Waals surface area (Å²) in [4.78, 5) is 24.4. The van der Waals surface area contributed by atoms with Crippen molar-refractivity contribution in [3.63, 3.8) is 0 Å². The molecule has 7 nitrogen and oxygen atoms in total. The number of para-hydroxylation sites is 2. The van der Waals surface area contributed by atoms with Gasteiger partial charge in [0.1, 0.15) is 12.2 Å². The van der Waals surface area contributed by atoms with Crippen LogP contribution in [0.3, 0.4) is 0 Å². The van der Waals surface area contributed by atoms with E-state index in [-0.39, 0.29) is 12.5 Å². The van der Waals surface area contributed by atoms with Gasteiger partial charge in [0, 0.05) is 11.8 Å². The van der Waals surface area contributed by atoms with Crippen LogP contribution in [0.1, 0.15) is 20.3 Å². The van der Waals surface area contributed by atoms with Crippen LogP contribution in [0.5, 0.6) is 17.2 Å². The molecule has 27 heavy (non-hydrogen) atoms. The number of methoxy groups -OCH3 is 2. The summed E-state index contributed by atoms with van der Waals surface area (Å²) in [6, 6.07) is 12.1. The second-order valence-electron chi connectivity index (χ2n) is 6.01. The molecule has 0 aliphatic carbocycles. The lowest BCUT2D eigenvalue weighted by Gasteiger charge is -2.15. The molecule has 0 fully saturated rings. The van der Waals surface area contributed by atoms with Gasteiger partial charge in [0.25, 0.3) is 0 Å². The number of hydrogen-bond acceptors (Lipinski definition) is 5. The highest BCUT2D eigenvalue weighted by molar-refractivity contribution is 6.08. The molecular formula is C20H24N2O5. The van der Waals surface area contributed by atoms with Crippen LogP contribution >= 0.6 is 0 Å². The Bertz CT molecular complexity index is 805. The lowest BCUT2D eigenvalue weighted by molar-refractivity contribution is -0.123. The Hall–Kier alpha value is -3.22. The van der Waals surface area contributed by atoms with Crippen molar-refractivity contribution in [1.29, 1.82) is 0 Å². The summed E-state index contributed by atoms with van der Waals surface area (Å²) in [5, 5.41) is 5.37. The molecule has 2 rings (SSSR count). The molecule has 0 atom stereocenters. The number of carbonyl (C=O) groups is 2. The maximum atomic E-state index is 12.2. The molecule has 0 radical (unpaired) electrons.